The van der Waals surface area contributed by atoms with Gasteiger partial charge in [-0.2, -0.15) is 18.4 Å². The van der Waals surface area contributed by atoms with E-state index in [2.05, 4.69) is 26.6 Å². The van der Waals surface area contributed by atoms with Crippen molar-refractivity contribution in [1.29, 1.82) is 5.26 Å². The summed E-state index contributed by atoms with van der Waals surface area (Å²) in [5, 5.41) is 14.2. The minimum Gasteiger partial charge on any atom is -0.386 e. The van der Waals surface area contributed by atoms with Crippen molar-refractivity contribution < 1.29 is 18.0 Å². The van der Waals surface area contributed by atoms with Gasteiger partial charge in [0.25, 0.3) is 5.91 Å². The van der Waals surface area contributed by atoms with Crippen molar-refractivity contribution in [2.24, 2.45) is 0 Å². The van der Waals surface area contributed by atoms with E-state index in [0.717, 1.165) is 22.2 Å². The first-order valence-electron chi connectivity index (χ1n) is 7.36. The number of hydrogen-bond acceptors (Lipinski definition) is 3. The lowest BCUT2D eigenvalue weighted by Gasteiger charge is -2.09. The molecule has 0 fully saturated rings. The highest BCUT2D eigenvalue weighted by Crippen LogP contribution is 2.30. The molecule has 0 spiro atoms. The number of nitrogens with one attached hydrogen (secondary N) is 2. The third-order valence-electron chi connectivity index (χ3n) is 3.25. The molecule has 2 aromatic carbocycles. The molecule has 2 rings (SSSR count). The number of nitrogens with zero attached hydrogens (tertiary/aromatic N) is 1. The first-order valence-corrected chi connectivity index (χ1v) is 8.15. The van der Waals surface area contributed by atoms with Crippen molar-refractivity contribution in [2.45, 2.75) is 12.7 Å². The summed E-state index contributed by atoms with van der Waals surface area (Å²) >= 11 is 3.34. The van der Waals surface area contributed by atoms with Gasteiger partial charge in [0.1, 0.15) is 11.6 Å². The van der Waals surface area contributed by atoms with E-state index in [1.165, 1.54) is 18.3 Å². The van der Waals surface area contributed by atoms with Crippen molar-refractivity contribution in [1.82, 2.24) is 5.32 Å². The second-order valence-corrected chi connectivity index (χ2v) is 6.13. The number of halogens is 4. The molecule has 0 aromatic heterocycles. The van der Waals surface area contributed by atoms with Crippen LogP contribution in [0.2, 0.25) is 0 Å². The molecule has 0 aliphatic heterocycles. The van der Waals surface area contributed by atoms with Gasteiger partial charge in [-0.15, -0.1) is 0 Å². The number of benzene rings is 2. The van der Waals surface area contributed by atoms with Crippen LogP contribution in [0.15, 0.2) is 64.8 Å². The Morgan fingerprint density at radius 3 is 2.58 bits per heavy atom. The Morgan fingerprint density at radius 1 is 1.19 bits per heavy atom. The van der Waals surface area contributed by atoms with Crippen molar-refractivity contribution in [2.75, 3.05) is 5.32 Å². The van der Waals surface area contributed by atoms with Gasteiger partial charge in [-0.25, -0.2) is 0 Å². The Bertz CT molecular complexity index is 872. The zero-order valence-corrected chi connectivity index (χ0v) is 14.9. The molecule has 134 valence electrons. The van der Waals surface area contributed by atoms with E-state index in [1.807, 2.05) is 24.3 Å². The fraction of sp³-hybridized carbons (Fsp3) is 0.111. The van der Waals surface area contributed by atoms with E-state index in [9.17, 15) is 18.0 Å². The summed E-state index contributed by atoms with van der Waals surface area (Å²) in [6.07, 6.45) is -3.29. The molecule has 0 bridgehead atoms. The number of amides is 1. The van der Waals surface area contributed by atoms with Gasteiger partial charge in [0.05, 0.1) is 5.56 Å². The molecule has 0 saturated carbocycles. The summed E-state index contributed by atoms with van der Waals surface area (Å²) in [5.41, 5.74) is -0.257. The topological polar surface area (TPSA) is 64.9 Å². The van der Waals surface area contributed by atoms with Crippen LogP contribution in [0.5, 0.6) is 0 Å². The quantitative estimate of drug-likeness (QED) is 0.545. The van der Waals surface area contributed by atoms with Crippen LogP contribution in [0.25, 0.3) is 0 Å². The monoisotopic (exact) mass is 423 g/mol. The number of carbonyl (C=O) groups excluding carboxylic acids is 1. The zero-order valence-electron chi connectivity index (χ0n) is 13.3. The molecule has 0 saturated heterocycles. The first kappa shape index (κ1) is 19.5. The number of alkyl halides is 3. The van der Waals surface area contributed by atoms with Gasteiger partial charge in [0.2, 0.25) is 0 Å². The number of rotatable bonds is 5. The summed E-state index contributed by atoms with van der Waals surface area (Å²) in [4.78, 5) is 12.1. The highest BCUT2D eigenvalue weighted by molar-refractivity contribution is 9.10. The van der Waals surface area contributed by atoms with E-state index >= 15 is 0 Å². The predicted octanol–water partition coefficient (Wildman–Crippen LogP) is 4.60. The molecule has 4 nitrogen and oxygen atoms in total. The third kappa shape index (κ3) is 5.63. The molecule has 0 radical (unpaired) electrons. The van der Waals surface area contributed by atoms with Gasteiger partial charge in [-0.1, -0.05) is 34.1 Å². The first-order chi connectivity index (χ1) is 12.3. The Balaban J connectivity index is 2.03. The molecule has 1 amide bonds. The second kappa shape index (κ2) is 8.54. The molecular formula is C18H13BrF3N3O. The summed E-state index contributed by atoms with van der Waals surface area (Å²) in [5.74, 6) is -0.798. The van der Waals surface area contributed by atoms with E-state index < -0.39 is 17.6 Å². The SMILES string of the molecule is N#C/C(=C/NCc1cccc(Br)c1)C(=O)Nc1cccc(C(F)(F)F)c1. The highest BCUT2D eigenvalue weighted by atomic mass is 79.9. The van der Waals surface area contributed by atoms with Crippen LogP contribution in [0, 0.1) is 11.3 Å². The third-order valence-corrected chi connectivity index (χ3v) is 3.75. The maximum atomic E-state index is 12.7. The largest absolute Gasteiger partial charge is 0.416 e. The fourth-order valence-corrected chi connectivity index (χ4v) is 2.48. The standard InChI is InChI=1S/C18H13BrF3N3O/c19-15-5-1-3-12(7-15)10-24-11-13(9-23)17(26)25-16-6-2-4-14(8-16)18(20,21)22/h1-8,11,24H,10H2,(H,25,26)/b13-11-. The number of nitriles is 1. The molecule has 2 aromatic rings. The van der Waals surface area contributed by atoms with E-state index in [1.54, 1.807) is 6.07 Å². The zero-order chi connectivity index (χ0) is 19.2. The number of anilines is 1. The molecular weight excluding hydrogens is 411 g/mol. The molecule has 0 unspecified atom stereocenters. The normalized spacial score (nSPS) is 11.6. The Morgan fingerprint density at radius 2 is 1.92 bits per heavy atom. The summed E-state index contributed by atoms with van der Waals surface area (Å²) in [6, 6.07) is 13.4. The number of hydrogen-bond donors (Lipinski definition) is 2. The van der Waals surface area contributed by atoms with Crippen molar-refractivity contribution in [3.05, 3.63) is 75.9 Å². The molecule has 0 aliphatic rings. The lowest BCUT2D eigenvalue weighted by atomic mass is 10.2. The van der Waals surface area contributed by atoms with Crippen LogP contribution in [0.3, 0.4) is 0 Å². The Hall–Kier alpha value is -2.79. The van der Waals surface area contributed by atoms with Crippen molar-refractivity contribution in [3.8, 4) is 6.07 Å². The minimum absolute atomic E-state index is 0.0436. The van der Waals surface area contributed by atoms with Gasteiger partial charge >= 0.3 is 6.18 Å². The number of carbonyl (C=O) groups is 1. The van der Waals surface area contributed by atoms with Crippen LogP contribution in [-0.2, 0) is 17.5 Å². The van der Waals surface area contributed by atoms with Gasteiger partial charge in [0, 0.05) is 22.9 Å². The van der Waals surface area contributed by atoms with Crippen LogP contribution in [0.1, 0.15) is 11.1 Å². The Labute approximate surface area is 156 Å². The fourth-order valence-electron chi connectivity index (χ4n) is 2.04. The molecule has 2 N–H and O–H groups in total. The van der Waals surface area contributed by atoms with Gasteiger partial charge < -0.3 is 10.6 Å². The van der Waals surface area contributed by atoms with Crippen LogP contribution >= 0.6 is 15.9 Å². The highest BCUT2D eigenvalue weighted by Gasteiger charge is 2.30. The molecule has 0 atom stereocenters. The lowest BCUT2D eigenvalue weighted by Crippen LogP contribution is -2.17. The summed E-state index contributed by atoms with van der Waals surface area (Å²) in [7, 11) is 0. The molecule has 0 aliphatic carbocycles. The lowest BCUT2D eigenvalue weighted by molar-refractivity contribution is -0.137. The summed E-state index contributed by atoms with van der Waals surface area (Å²) in [6.45, 7) is 0.376. The van der Waals surface area contributed by atoms with E-state index in [-0.39, 0.29) is 11.3 Å². The van der Waals surface area contributed by atoms with E-state index in [4.69, 9.17) is 5.26 Å². The summed E-state index contributed by atoms with van der Waals surface area (Å²) < 4.78 is 39.0. The van der Waals surface area contributed by atoms with Gasteiger partial charge in [-0.05, 0) is 35.9 Å². The maximum absolute atomic E-state index is 12.7. The second-order valence-electron chi connectivity index (χ2n) is 5.21. The predicted molar refractivity (Wildman–Crippen MR) is 94.8 cm³/mol. The average molecular weight is 424 g/mol. The molecule has 26 heavy (non-hydrogen) atoms. The Kier molecular flexibility index (Phi) is 6.41. The minimum atomic E-state index is -4.51. The molecule has 0 heterocycles. The average Bonchev–Trinajstić information content (AvgIpc) is 2.58. The van der Waals surface area contributed by atoms with E-state index in [0.29, 0.717) is 6.54 Å². The van der Waals surface area contributed by atoms with Crippen LogP contribution in [0.4, 0.5) is 18.9 Å². The maximum Gasteiger partial charge on any atom is 0.416 e. The van der Waals surface area contributed by atoms with Gasteiger partial charge in [0.15, 0.2) is 0 Å². The van der Waals surface area contributed by atoms with Crippen LogP contribution in [-0.4, -0.2) is 5.91 Å². The van der Waals surface area contributed by atoms with Crippen molar-refractivity contribution in [3.63, 3.8) is 0 Å². The van der Waals surface area contributed by atoms with Crippen LogP contribution < -0.4 is 10.6 Å². The molecule has 8 heteroatoms. The van der Waals surface area contributed by atoms with Gasteiger partial charge in [-0.3, -0.25) is 4.79 Å². The smallest absolute Gasteiger partial charge is 0.386 e. The van der Waals surface area contributed by atoms with Crippen molar-refractivity contribution >= 4 is 27.5 Å².